The molecule has 2 fully saturated rings. The fraction of sp³-hybridized carbons (Fsp3) is 0.406. The van der Waals surface area contributed by atoms with Gasteiger partial charge in [-0.2, -0.15) is 0 Å². The van der Waals surface area contributed by atoms with Crippen LogP contribution in [-0.2, 0) is 11.3 Å². The fourth-order valence-electron chi connectivity index (χ4n) is 5.75. The lowest BCUT2D eigenvalue weighted by atomic mass is 9.86. The number of benzene rings is 3. The van der Waals surface area contributed by atoms with Gasteiger partial charge in [0, 0.05) is 30.8 Å². The van der Waals surface area contributed by atoms with E-state index in [1.807, 2.05) is 18.2 Å². The minimum absolute atomic E-state index is 0.0999. The summed E-state index contributed by atoms with van der Waals surface area (Å²) in [5.41, 5.74) is 4.53. The number of rotatable bonds is 8. The highest BCUT2D eigenvalue weighted by Crippen LogP contribution is 2.33. The first-order valence-electron chi connectivity index (χ1n) is 14.1. The van der Waals surface area contributed by atoms with Crippen molar-refractivity contribution in [2.75, 3.05) is 31.5 Å². The van der Waals surface area contributed by atoms with Crippen molar-refractivity contribution >= 4 is 11.6 Å². The van der Waals surface area contributed by atoms with E-state index in [-0.39, 0.29) is 11.7 Å². The molecule has 1 amide bonds. The van der Waals surface area contributed by atoms with E-state index in [1.165, 1.54) is 11.1 Å². The third-order valence-electron chi connectivity index (χ3n) is 8.06. The molecule has 0 atom stereocenters. The van der Waals surface area contributed by atoms with Gasteiger partial charge in [0.2, 0.25) is 5.91 Å². The number of nitrogens with one attached hydrogen (secondary N) is 2. The second-order valence-corrected chi connectivity index (χ2v) is 11.0. The molecular weight excluding hydrogens is 515 g/mol. The van der Waals surface area contributed by atoms with E-state index in [0.29, 0.717) is 36.1 Å². The molecule has 3 aromatic rings. The third-order valence-corrected chi connectivity index (χ3v) is 8.06. The first kappa shape index (κ1) is 28.2. The van der Waals surface area contributed by atoms with Crippen LogP contribution in [0.3, 0.4) is 0 Å². The zero-order chi connectivity index (χ0) is 28.1. The Balaban J connectivity index is 1.12. The number of hydrogen-bond donors (Lipinski definition) is 2. The Labute approximate surface area is 233 Å². The summed E-state index contributed by atoms with van der Waals surface area (Å²) in [6.45, 7) is 6.80. The number of hydrogen-bond acceptors (Lipinski definition) is 4. The lowest BCUT2D eigenvalue weighted by molar-refractivity contribution is -0.117. The van der Waals surface area contributed by atoms with Gasteiger partial charge in [-0.25, -0.2) is 13.2 Å². The van der Waals surface area contributed by atoms with Gasteiger partial charge in [-0.05, 0) is 112 Å². The topological polar surface area (TPSA) is 53.6 Å². The van der Waals surface area contributed by atoms with Crippen molar-refractivity contribution in [3.63, 3.8) is 0 Å². The Kier molecular flexibility index (Phi) is 9.07. The first-order valence-corrected chi connectivity index (χ1v) is 14.1. The van der Waals surface area contributed by atoms with Gasteiger partial charge in [0.1, 0.15) is 5.75 Å². The quantitative estimate of drug-likeness (QED) is 0.299. The van der Waals surface area contributed by atoms with E-state index in [4.69, 9.17) is 4.74 Å². The van der Waals surface area contributed by atoms with E-state index < -0.39 is 17.5 Å². The minimum atomic E-state index is -1.25. The molecule has 40 heavy (non-hydrogen) atoms. The van der Waals surface area contributed by atoms with Crippen LogP contribution in [-0.4, -0.2) is 37.0 Å². The smallest absolute Gasteiger partial charge is 0.224 e. The van der Waals surface area contributed by atoms with Gasteiger partial charge in [0.25, 0.3) is 0 Å². The average molecular weight is 552 g/mol. The second-order valence-electron chi connectivity index (χ2n) is 11.0. The van der Waals surface area contributed by atoms with Crippen molar-refractivity contribution in [1.29, 1.82) is 0 Å². The largest absolute Gasteiger partial charge is 0.454 e. The number of carbonyl (C=O) groups is 1. The van der Waals surface area contributed by atoms with E-state index in [0.717, 1.165) is 69.7 Å². The summed E-state index contributed by atoms with van der Waals surface area (Å²) in [6.07, 6.45) is 4.76. The Morgan fingerprint density at radius 2 is 1.62 bits per heavy atom. The molecule has 0 spiro atoms. The van der Waals surface area contributed by atoms with Gasteiger partial charge in [0.15, 0.2) is 23.2 Å². The van der Waals surface area contributed by atoms with Crippen molar-refractivity contribution in [2.45, 2.75) is 51.5 Å². The van der Waals surface area contributed by atoms with Gasteiger partial charge in [-0.1, -0.05) is 18.2 Å². The maximum atomic E-state index is 13.9. The predicted molar refractivity (Wildman–Crippen MR) is 150 cm³/mol. The first-order chi connectivity index (χ1) is 19.3. The summed E-state index contributed by atoms with van der Waals surface area (Å²) in [7, 11) is 0. The number of anilines is 1. The van der Waals surface area contributed by atoms with E-state index >= 15 is 0 Å². The van der Waals surface area contributed by atoms with Crippen LogP contribution < -0.4 is 15.4 Å². The predicted octanol–water partition coefficient (Wildman–Crippen LogP) is 6.91. The standard InChI is InChI=1S/C32H36F3N3O2/c1-21-2-5-25(37-32(39)16-22-8-12-36-13-9-22)17-27(21)24-10-14-38(15-11-24)20-23-3-6-26(7-4-23)40-31-19-29(34)28(33)18-30(31)35/h2-7,17-19,22,24,36H,8-16,20H2,1H3,(H,37,39). The maximum Gasteiger partial charge on any atom is 0.224 e. The van der Waals surface area contributed by atoms with E-state index in [1.54, 1.807) is 12.1 Å². The van der Waals surface area contributed by atoms with Crippen molar-refractivity contribution in [3.05, 3.63) is 88.7 Å². The monoisotopic (exact) mass is 551 g/mol. The van der Waals surface area contributed by atoms with Crippen LogP contribution in [0.1, 0.15) is 54.7 Å². The summed E-state index contributed by atoms with van der Waals surface area (Å²) in [5, 5.41) is 6.48. The van der Waals surface area contributed by atoms with Crippen molar-refractivity contribution in [1.82, 2.24) is 10.2 Å². The molecule has 5 nitrogen and oxygen atoms in total. The Morgan fingerprint density at radius 1 is 0.925 bits per heavy atom. The van der Waals surface area contributed by atoms with E-state index in [9.17, 15) is 18.0 Å². The summed E-state index contributed by atoms with van der Waals surface area (Å²) < 4.78 is 45.9. The van der Waals surface area contributed by atoms with Gasteiger partial charge in [-0.3, -0.25) is 9.69 Å². The van der Waals surface area contributed by atoms with Gasteiger partial charge in [0.05, 0.1) is 0 Å². The number of piperidine rings is 2. The van der Waals surface area contributed by atoms with Crippen LogP contribution in [0.25, 0.3) is 0 Å². The van der Waals surface area contributed by atoms with Gasteiger partial charge >= 0.3 is 0 Å². The highest BCUT2D eigenvalue weighted by molar-refractivity contribution is 5.91. The van der Waals surface area contributed by atoms with Crippen molar-refractivity contribution < 1.29 is 22.7 Å². The third kappa shape index (κ3) is 7.23. The van der Waals surface area contributed by atoms with Crippen LogP contribution in [0, 0.1) is 30.3 Å². The molecule has 2 saturated heterocycles. The molecule has 0 bridgehead atoms. The molecule has 2 heterocycles. The fourth-order valence-corrected chi connectivity index (χ4v) is 5.75. The van der Waals surface area contributed by atoms with Crippen molar-refractivity contribution in [2.24, 2.45) is 5.92 Å². The Hall–Kier alpha value is -3.36. The lowest BCUT2D eigenvalue weighted by Gasteiger charge is -2.33. The number of carbonyl (C=O) groups excluding carboxylic acids is 1. The average Bonchev–Trinajstić information content (AvgIpc) is 2.95. The summed E-state index contributed by atoms with van der Waals surface area (Å²) in [4.78, 5) is 15.0. The van der Waals surface area contributed by atoms with Crippen molar-refractivity contribution in [3.8, 4) is 11.5 Å². The molecule has 0 saturated carbocycles. The Morgan fingerprint density at radius 3 is 2.35 bits per heavy atom. The van der Waals surface area contributed by atoms with Crippen LogP contribution in [0.2, 0.25) is 0 Å². The lowest BCUT2D eigenvalue weighted by Crippen LogP contribution is -2.32. The minimum Gasteiger partial charge on any atom is -0.454 e. The molecule has 0 radical (unpaired) electrons. The number of nitrogens with zero attached hydrogens (tertiary/aromatic N) is 1. The van der Waals surface area contributed by atoms with Crippen LogP contribution in [0.5, 0.6) is 11.5 Å². The van der Waals surface area contributed by atoms with Gasteiger partial charge < -0.3 is 15.4 Å². The number of likely N-dealkylation sites (tertiary alicyclic amines) is 1. The van der Waals surface area contributed by atoms with Crippen LogP contribution >= 0.6 is 0 Å². The van der Waals surface area contributed by atoms with Crippen LogP contribution in [0.15, 0.2) is 54.6 Å². The summed E-state index contributed by atoms with van der Waals surface area (Å²) >= 11 is 0. The molecule has 2 aliphatic rings. The molecule has 3 aromatic carbocycles. The molecule has 0 aromatic heterocycles. The van der Waals surface area contributed by atoms with Crippen LogP contribution in [0.4, 0.5) is 18.9 Å². The highest BCUT2D eigenvalue weighted by Gasteiger charge is 2.23. The molecular formula is C32H36F3N3O2. The molecule has 212 valence electrons. The SMILES string of the molecule is Cc1ccc(NC(=O)CC2CCNCC2)cc1C1CCN(Cc2ccc(Oc3cc(F)c(F)cc3F)cc2)CC1. The molecule has 5 rings (SSSR count). The number of amides is 1. The molecule has 0 aliphatic carbocycles. The summed E-state index contributed by atoms with van der Waals surface area (Å²) in [5.74, 6) is -2.35. The second kappa shape index (κ2) is 12.9. The molecule has 0 unspecified atom stereocenters. The normalized spacial score (nSPS) is 17.1. The molecule has 8 heteroatoms. The maximum absolute atomic E-state index is 13.9. The van der Waals surface area contributed by atoms with E-state index in [2.05, 4.69) is 34.6 Å². The van der Waals surface area contributed by atoms with Gasteiger partial charge in [-0.15, -0.1) is 0 Å². The molecule has 2 N–H and O–H groups in total. The number of aryl methyl sites for hydroxylation is 1. The zero-order valence-electron chi connectivity index (χ0n) is 22.8. The molecule has 2 aliphatic heterocycles. The summed E-state index contributed by atoms with van der Waals surface area (Å²) in [6, 6.07) is 14.7. The number of halogens is 3. The Bertz CT molecular complexity index is 1320. The highest BCUT2D eigenvalue weighted by atomic mass is 19.2. The number of ether oxygens (including phenoxy) is 1. The zero-order valence-corrected chi connectivity index (χ0v) is 22.8.